The van der Waals surface area contributed by atoms with Gasteiger partial charge in [0.25, 0.3) is 0 Å². The molecule has 23 heavy (non-hydrogen) atoms. The summed E-state index contributed by atoms with van der Waals surface area (Å²) in [5, 5.41) is 0. The molecule has 0 saturated carbocycles. The van der Waals surface area contributed by atoms with Crippen LogP contribution in [0.3, 0.4) is 0 Å². The van der Waals surface area contributed by atoms with Gasteiger partial charge in [-0.05, 0) is 31.1 Å². The Morgan fingerprint density at radius 1 is 1.39 bits per heavy atom. The highest BCUT2D eigenvalue weighted by molar-refractivity contribution is 7.98. The predicted molar refractivity (Wildman–Crippen MR) is 86.9 cm³/mol. The number of aromatic nitrogens is 1. The van der Waals surface area contributed by atoms with Gasteiger partial charge in [-0.2, -0.15) is 11.8 Å². The number of carbonyl (C=O) groups is 3. The zero-order chi connectivity index (χ0) is 17.1. The number of Topliss-reactive ketones (excluding diaryl/α,β-unsaturated/α-hetero) is 1. The number of methoxy groups -OCH3 is 1. The van der Waals surface area contributed by atoms with Crippen LogP contribution in [0.25, 0.3) is 0 Å². The average Bonchev–Trinajstić information content (AvgIpc) is 2.84. The minimum atomic E-state index is -0.817. The number of aromatic amines is 1. The molecule has 2 rings (SSSR count). The van der Waals surface area contributed by atoms with Crippen LogP contribution in [-0.2, 0) is 20.7 Å². The molecule has 0 bridgehead atoms. The molecule has 0 fully saturated rings. The first kappa shape index (κ1) is 17.6. The Kier molecular flexibility index (Phi) is 5.51. The molecular weight excluding hydrogens is 318 g/mol. The molecule has 0 radical (unpaired) electrons. The van der Waals surface area contributed by atoms with Crippen molar-refractivity contribution < 1.29 is 23.9 Å². The number of ketones is 1. The summed E-state index contributed by atoms with van der Waals surface area (Å²) >= 11 is 1.58. The third kappa shape index (κ3) is 3.29. The number of esters is 2. The van der Waals surface area contributed by atoms with Gasteiger partial charge in [0.2, 0.25) is 0 Å². The van der Waals surface area contributed by atoms with E-state index in [0.717, 1.165) is 0 Å². The van der Waals surface area contributed by atoms with Gasteiger partial charge in [0.1, 0.15) is 18.2 Å². The third-order valence-corrected chi connectivity index (χ3v) is 4.71. The summed E-state index contributed by atoms with van der Waals surface area (Å²) in [6, 6.07) is 0. The Hall–Kier alpha value is -1.76. The number of nitrogens with one attached hydrogen (secondary N) is 1. The van der Waals surface area contributed by atoms with Crippen LogP contribution in [0, 0.1) is 18.8 Å². The second-order valence-corrected chi connectivity index (χ2v) is 6.64. The zero-order valence-corrected chi connectivity index (χ0v) is 14.5. The van der Waals surface area contributed by atoms with Crippen molar-refractivity contribution in [3.63, 3.8) is 0 Å². The number of thioether (sulfide) groups is 1. The smallest absolute Gasteiger partial charge is 0.355 e. The molecule has 1 aliphatic rings. The maximum Gasteiger partial charge on any atom is 0.355 e. The number of rotatable bonds is 5. The second-order valence-electron chi connectivity index (χ2n) is 5.65. The van der Waals surface area contributed by atoms with Gasteiger partial charge in [-0.15, -0.1) is 0 Å². The van der Waals surface area contributed by atoms with Crippen molar-refractivity contribution in [2.24, 2.45) is 11.8 Å². The number of carbonyl (C=O) groups excluding carboxylic acids is 3. The first-order chi connectivity index (χ1) is 10.9. The normalized spacial score (nSPS) is 20.1. The Morgan fingerprint density at radius 3 is 2.70 bits per heavy atom. The fraction of sp³-hybridized carbons (Fsp3) is 0.562. The highest BCUT2D eigenvalue weighted by atomic mass is 32.2. The molecule has 1 N–H and O–H groups in total. The molecule has 0 saturated heterocycles. The fourth-order valence-corrected chi connectivity index (χ4v) is 3.21. The summed E-state index contributed by atoms with van der Waals surface area (Å²) in [7, 11) is 1.27. The summed E-state index contributed by atoms with van der Waals surface area (Å²) in [6.07, 6.45) is 2.44. The van der Waals surface area contributed by atoms with Crippen LogP contribution in [0.2, 0.25) is 0 Å². The van der Waals surface area contributed by atoms with Crippen molar-refractivity contribution in [3.05, 3.63) is 22.5 Å². The van der Waals surface area contributed by atoms with Crippen molar-refractivity contribution in [2.45, 2.75) is 20.3 Å². The highest BCUT2D eigenvalue weighted by Crippen LogP contribution is 2.34. The topological polar surface area (TPSA) is 85.5 Å². The van der Waals surface area contributed by atoms with Gasteiger partial charge in [-0.25, -0.2) is 4.79 Å². The van der Waals surface area contributed by atoms with Crippen LogP contribution in [0.15, 0.2) is 0 Å². The van der Waals surface area contributed by atoms with Gasteiger partial charge < -0.3 is 14.5 Å². The molecule has 6 nitrogen and oxygen atoms in total. The third-order valence-electron chi connectivity index (χ3n) is 4.13. The van der Waals surface area contributed by atoms with Gasteiger partial charge >= 0.3 is 11.9 Å². The van der Waals surface area contributed by atoms with E-state index in [9.17, 15) is 14.4 Å². The van der Waals surface area contributed by atoms with Crippen LogP contribution in [-0.4, -0.2) is 48.4 Å². The molecule has 0 spiro atoms. The van der Waals surface area contributed by atoms with Gasteiger partial charge in [0, 0.05) is 17.0 Å². The molecule has 0 amide bonds. The van der Waals surface area contributed by atoms with E-state index in [4.69, 9.17) is 9.47 Å². The molecule has 1 aliphatic carbocycles. The number of ether oxygens (including phenoxy) is 2. The maximum atomic E-state index is 12.7. The Morgan fingerprint density at radius 2 is 2.09 bits per heavy atom. The van der Waals surface area contributed by atoms with Crippen LogP contribution in [0.1, 0.15) is 39.0 Å². The van der Waals surface area contributed by atoms with Crippen LogP contribution in [0.4, 0.5) is 0 Å². The van der Waals surface area contributed by atoms with Crippen molar-refractivity contribution in [3.8, 4) is 0 Å². The van der Waals surface area contributed by atoms with E-state index in [-0.39, 0.29) is 11.7 Å². The van der Waals surface area contributed by atoms with Crippen molar-refractivity contribution in [1.29, 1.82) is 0 Å². The Labute approximate surface area is 139 Å². The van der Waals surface area contributed by atoms with E-state index in [1.807, 2.05) is 13.2 Å². The molecule has 1 aromatic rings. The van der Waals surface area contributed by atoms with E-state index in [2.05, 4.69) is 4.98 Å². The van der Waals surface area contributed by atoms with Crippen LogP contribution < -0.4 is 0 Å². The lowest BCUT2D eigenvalue weighted by Crippen LogP contribution is -2.36. The lowest BCUT2D eigenvalue weighted by Gasteiger charge is -2.25. The minimum absolute atomic E-state index is 0.180. The molecule has 2 atom stereocenters. The Bertz CT molecular complexity index is 637. The Balaban J connectivity index is 2.31. The first-order valence-electron chi connectivity index (χ1n) is 7.41. The van der Waals surface area contributed by atoms with E-state index < -0.39 is 17.9 Å². The molecule has 0 unspecified atom stereocenters. The van der Waals surface area contributed by atoms with Crippen molar-refractivity contribution in [2.75, 3.05) is 25.7 Å². The van der Waals surface area contributed by atoms with Gasteiger partial charge in [0.05, 0.1) is 7.11 Å². The van der Waals surface area contributed by atoms with Crippen molar-refractivity contribution >= 4 is 29.5 Å². The van der Waals surface area contributed by atoms with E-state index in [0.29, 0.717) is 41.3 Å². The largest absolute Gasteiger partial charge is 0.468 e. The van der Waals surface area contributed by atoms with Crippen LogP contribution >= 0.6 is 11.8 Å². The quantitative estimate of drug-likeness (QED) is 0.502. The number of hydrogen-bond donors (Lipinski definition) is 1. The maximum absolute atomic E-state index is 12.7. The number of H-pyrrole nitrogens is 1. The van der Waals surface area contributed by atoms with E-state index in [1.165, 1.54) is 7.11 Å². The predicted octanol–water partition coefficient (Wildman–Crippen LogP) is 2.01. The standard InChI is InChI=1S/C16H21NO5S/c1-8-7-10-12(14(18)11(8)15(19)21-3)9(2)13(17-10)16(20)22-5-6-23-4/h8,11,17H,5-7H2,1-4H3/t8-,11-/m1/s1. The summed E-state index contributed by atoms with van der Waals surface area (Å²) in [6.45, 7) is 3.84. The van der Waals surface area contributed by atoms with E-state index in [1.54, 1.807) is 18.7 Å². The van der Waals surface area contributed by atoms with Gasteiger partial charge in [-0.3, -0.25) is 9.59 Å². The summed E-state index contributed by atoms with van der Waals surface area (Å²) < 4.78 is 9.93. The van der Waals surface area contributed by atoms with Crippen LogP contribution in [0.5, 0.6) is 0 Å². The highest BCUT2D eigenvalue weighted by Gasteiger charge is 2.41. The second kappa shape index (κ2) is 7.21. The minimum Gasteiger partial charge on any atom is -0.468 e. The van der Waals surface area contributed by atoms with Gasteiger partial charge in [0.15, 0.2) is 5.78 Å². The molecule has 1 heterocycles. The number of hydrogen-bond acceptors (Lipinski definition) is 6. The molecule has 0 aromatic carbocycles. The lowest BCUT2D eigenvalue weighted by atomic mass is 9.77. The number of fused-ring (bicyclic) bond motifs is 1. The SMILES string of the molecule is COC(=O)[C@H]1C(=O)c2c([nH]c(C(=O)OCCSC)c2C)C[C@H]1C. The average molecular weight is 339 g/mol. The van der Waals surface area contributed by atoms with Crippen molar-refractivity contribution in [1.82, 2.24) is 4.98 Å². The molecular formula is C16H21NO5S. The summed E-state index contributed by atoms with van der Waals surface area (Å²) in [4.78, 5) is 39.7. The van der Waals surface area contributed by atoms with E-state index >= 15 is 0 Å². The molecule has 7 heteroatoms. The monoisotopic (exact) mass is 339 g/mol. The molecule has 126 valence electrons. The molecule has 1 aromatic heterocycles. The first-order valence-corrected chi connectivity index (χ1v) is 8.81. The lowest BCUT2D eigenvalue weighted by molar-refractivity contribution is -0.145. The van der Waals surface area contributed by atoms with Gasteiger partial charge in [-0.1, -0.05) is 6.92 Å². The fourth-order valence-electron chi connectivity index (χ4n) is 2.96. The summed E-state index contributed by atoms with van der Waals surface area (Å²) in [5.41, 5.74) is 1.95. The molecule has 0 aliphatic heterocycles. The zero-order valence-electron chi connectivity index (χ0n) is 13.7. The summed E-state index contributed by atoms with van der Waals surface area (Å²) in [5.74, 6) is -1.57.